The molecule has 1 aromatic heterocycles. The Bertz CT molecular complexity index is 542. The van der Waals surface area contributed by atoms with Gasteiger partial charge in [0.15, 0.2) is 0 Å². The molecule has 0 radical (unpaired) electrons. The highest BCUT2D eigenvalue weighted by atomic mass is 16.5. The number of ether oxygens (including phenoxy) is 2. The molecule has 18 heavy (non-hydrogen) atoms. The molecule has 0 aliphatic carbocycles. The number of hydrogen-bond acceptors (Lipinski definition) is 4. The lowest BCUT2D eigenvalue weighted by Gasteiger charge is -2.01. The van der Waals surface area contributed by atoms with Gasteiger partial charge < -0.3 is 13.9 Å². The zero-order chi connectivity index (χ0) is 13.0. The standard InChI is InChI=1S/C14H14O4/c1-3-17-14(15)13-8-7-12(18-13)10-5-4-6-11(9-10)16-2/h4-9H,3H2,1-2H3. The van der Waals surface area contributed by atoms with E-state index < -0.39 is 5.97 Å². The van der Waals surface area contributed by atoms with Gasteiger partial charge in [0.2, 0.25) is 5.76 Å². The third-order valence-corrected chi connectivity index (χ3v) is 2.44. The maximum absolute atomic E-state index is 11.5. The number of carbonyl (C=O) groups excluding carboxylic acids is 1. The first-order valence-electron chi connectivity index (χ1n) is 5.66. The van der Waals surface area contributed by atoms with Crippen LogP contribution in [0.1, 0.15) is 17.5 Å². The van der Waals surface area contributed by atoms with Gasteiger partial charge in [-0.15, -0.1) is 0 Å². The van der Waals surface area contributed by atoms with Gasteiger partial charge in [0, 0.05) is 5.56 Å². The monoisotopic (exact) mass is 246 g/mol. The summed E-state index contributed by atoms with van der Waals surface area (Å²) < 4.78 is 15.5. The average Bonchev–Trinajstić information content (AvgIpc) is 2.89. The predicted molar refractivity (Wildman–Crippen MR) is 66.7 cm³/mol. The van der Waals surface area contributed by atoms with Crippen molar-refractivity contribution >= 4 is 5.97 Å². The lowest BCUT2D eigenvalue weighted by Crippen LogP contribution is -2.02. The van der Waals surface area contributed by atoms with Crippen LogP contribution in [0.4, 0.5) is 0 Å². The van der Waals surface area contributed by atoms with Gasteiger partial charge >= 0.3 is 5.97 Å². The molecule has 2 rings (SSSR count). The summed E-state index contributed by atoms with van der Waals surface area (Å²) in [4.78, 5) is 11.5. The highest BCUT2D eigenvalue weighted by Crippen LogP contribution is 2.25. The molecular formula is C14H14O4. The van der Waals surface area contributed by atoms with E-state index in [1.807, 2.05) is 24.3 Å². The first-order valence-corrected chi connectivity index (χ1v) is 5.66. The normalized spacial score (nSPS) is 10.1. The zero-order valence-electron chi connectivity index (χ0n) is 10.3. The second kappa shape index (κ2) is 5.40. The van der Waals surface area contributed by atoms with E-state index in [-0.39, 0.29) is 5.76 Å². The molecule has 1 aromatic carbocycles. The maximum atomic E-state index is 11.5. The summed E-state index contributed by atoms with van der Waals surface area (Å²) in [6, 6.07) is 10.8. The smallest absolute Gasteiger partial charge is 0.374 e. The van der Waals surface area contributed by atoms with E-state index in [4.69, 9.17) is 13.9 Å². The number of rotatable bonds is 4. The van der Waals surface area contributed by atoms with E-state index in [9.17, 15) is 4.79 Å². The van der Waals surface area contributed by atoms with Crippen LogP contribution in [0.5, 0.6) is 5.75 Å². The van der Waals surface area contributed by atoms with Crippen LogP contribution in [-0.2, 0) is 4.74 Å². The van der Waals surface area contributed by atoms with Crippen molar-refractivity contribution in [2.24, 2.45) is 0 Å². The van der Waals surface area contributed by atoms with E-state index >= 15 is 0 Å². The number of methoxy groups -OCH3 is 1. The van der Waals surface area contributed by atoms with E-state index in [0.29, 0.717) is 12.4 Å². The van der Waals surface area contributed by atoms with Crippen molar-refractivity contribution in [1.29, 1.82) is 0 Å². The lowest BCUT2D eigenvalue weighted by atomic mass is 10.2. The molecule has 0 amide bonds. The molecule has 0 saturated heterocycles. The first kappa shape index (κ1) is 12.2. The Morgan fingerprint density at radius 3 is 2.83 bits per heavy atom. The Labute approximate surface area is 105 Å². The quantitative estimate of drug-likeness (QED) is 0.777. The van der Waals surface area contributed by atoms with Crippen molar-refractivity contribution in [3.05, 3.63) is 42.2 Å². The number of esters is 1. The molecule has 4 heteroatoms. The van der Waals surface area contributed by atoms with Gasteiger partial charge in [0.05, 0.1) is 13.7 Å². The van der Waals surface area contributed by atoms with Gasteiger partial charge in [0.25, 0.3) is 0 Å². The SMILES string of the molecule is CCOC(=O)c1ccc(-c2cccc(OC)c2)o1. The molecule has 0 N–H and O–H groups in total. The largest absolute Gasteiger partial charge is 0.497 e. The molecule has 0 saturated carbocycles. The van der Waals surface area contributed by atoms with Crippen molar-refractivity contribution < 1.29 is 18.7 Å². The summed E-state index contributed by atoms with van der Waals surface area (Å²) in [5, 5.41) is 0. The van der Waals surface area contributed by atoms with Gasteiger partial charge in [-0.3, -0.25) is 0 Å². The van der Waals surface area contributed by atoms with Crippen molar-refractivity contribution in [3.63, 3.8) is 0 Å². The summed E-state index contributed by atoms with van der Waals surface area (Å²) >= 11 is 0. The van der Waals surface area contributed by atoms with Gasteiger partial charge in [-0.1, -0.05) is 12.1 Å². The summed E-state index contributed by atoms with van der Waals surface area (Å²) in [6.07, 6.45) is 0. The van der Waals surface area contributed by atoms with Crippen molar-refractivity contribution in [2.75, 3.05) is 13.7 Å². The van der Waals surface area contributed by atoms with Crippen LogP contribution in [0.3, 0.4) is 0 Å². The van der Waals surface area contributed by atoms with Crippen LogP contribution in [-0.4, -0.2) is 19.7 Å². The van der Waals surface area contributed by atoms with Gasteiger partial charge in [-0.05, 0) is 31.2 Å². The van der Waals surface area contributed by atoms with E-state index in [1.54, 1.807) is 26.2 Å². The molecule has 0 bridgehead atoms. The summed E-state index contributed by atoms with van der Waals surface area (Å²) in [7, 11) is 1.60. The predicted octanol–water partition coefficient (Wildman–Crippen LogP) is 3.13. The molecule has 94 valence electrons. The number of carbonyl (C=O) groups is 1. The molecule has 2 aromatic rings. The second-order valence-electron chi connectivity index (χ2n) is 3.62. The average molecular weight is 246 g/mol. The molecule has 0 fully saturated rings. The van der Waals surface area contributed by atoms with Crippen molar-refractivity contribution in [2.45, 2.75) is 6.92 Å². The fraction of sp³-hybridized carbons (Fsp3) is 0.214. The van der Waals surface area contributed by atoms with E-state index in [2.05, 4.69) is 0 Å². The van der Waals surface area contributed by atoms with Crippen LogP contribution >= 0.6 is 0 Å². The third-order valence-electron chi connectivity index (χ3n) is 2.44. The van der Waals surface area contributed by atoms with Gasteiger partial charge in [-0.2, -0.15) is 0 Å². The fourth-order valence-corrected chi connectivity index (χ4v) is 1.58. The Balaban J connectivity index is 2.26. The summed E-state index contributed by atoms with van der Waals surface area (Å²) in [5.41, 5.74) is 0.852. The molecule has 0 spiro atoms. The molecule has 4 nitrogen and oxygen atoms in total. The first-order chi connectivity index (χ1) is 8.74. The number of furan rings is 1. The molecule has 0 unspecified atom stereocenters. The Morgan fingerprint density at radius 1 is 1.28 bits per heavy atom. The Kier molecular flexibility index (Phi) is 3.67. The van der Waals surface area contributed by atoms with Gasteiger partial charge in [0.1, 0.15) is 11.5 Å². The van der Waals surface area contributed by atoms with Crippen LogP contribution < -0.4 is 4.74 Å². The molecule has 1 heterocycles. The molecular weight excluding hydrogens is 232 g/mol. The summed E-state index contributed by atoms with van der Waals surface area (Å²) in [5.74, 6) is 1.10. The minimum Gasteiger partial charge on any atom is -0.497 e. The zero-order valence-corrected chi connectivity index (χ0v) is 10.3. The molecule has 0 aliphatic heterocycles. The fourth-order valence-electron chi connectivity index (χ4n) is 1.58. The Morgan fingerprint density at radius 2 is 2.11 bits per heavy atom. The number of benzene rings is 1. The van der Waals surface area contributed by atoms with Crippen LogP contribution in [0, 0.1) is 0 Å². The van der Waals surface area contributed by atoms with E-state index in [0.717, 1.165) is 11.3 Å². The maximum Gasteiger partial charge on any atom is 0.374 e. The number of hydrogen-bond donors (Lipinski definition) is 0. The van der Waals surface area contributed by atoms with Crippen molar-refractivity contribution in [1.82, 2.24) is 0 Å². The second-order valence-corrected chi connectivity index (χ2v) is 3.62. The molecule has 0 atom stereocenters. The van der Waals surface area contributed by atoms with Crippen LogP contribution in [0.15, 0.2) is 40.8 Å². The van der Waals surface area contributed by atoms with Crippen LogP contribution in [0.25, 0.3) is 11.3 Å². The summed E-state index contributed by atoms with van der Waals surface area (Å²) in [6.45, 7) is 2.08. The molecule has 0 aliphatic rings. The third kappa shape index (κ3) is 2.53. The lowest BCUT2D eigenvalue weighted by molar-refractivity contribution is 0.0491. The minimum absolute atomic E-state index is 0.203. The van der Waals surface area contributed by atoms with Gasteiger partial charge in [-0.25, -0.2) is 4.79 Å². The highest BCUT2D eigenvalue weighted by Gasteiger charge is 2.13. The topological polar surface area (TPSA) is 48.7 Å². The van der Waals surface area contributed by atoms with E-state index in [1.165, 1.54) is 0 Å². The van der Waals surface area contributed by atoms with Crippen LogP contribution in [0.2, 0.25) is 0 Å². The Hall–Kier alpha value is -2.23. The highest BCUT2D eigenvalue weighted by molar-refractivity contribution is 5.87. The minimum atomic E-state index is -0.452. The van der Waals surface area contributed by atoms with Crippen molar-refractivity contribution in [3.8, 4) is 17.1 Å².